The quantitative estimate of drug-likeness (QED) is 0.472. The van der Waals surface area contributed by atoms with Crippen molar-refractivity contribution >= 4 is 16.9 Å². The molecule has 3 aromatic heterocycles. The van der Waals surface area contributed by atoms with Gasteiger partial charge in [-0.25, -0.2) is 4.79 Å². The molecule has 152 valence electrons. The lowest BCUT2D eigenvalue weighted by Gasteiger charge is -2.16. The van der Waals surface area contributed by atoms with Crippen LogP contribution in [0.4, 0.5) is 0 Å². The van der Waals surface area contributed by atoms with Crippen LogP contribution in [0.5, 0.6) is 0 Å². The van der Waals surface area contributed by atoms with E-state index in [1.165, 1.54) is 9.13 Å². The van der Waals surface area contributed by atoms with E-state index in [2.05, 4.69) is 30.5 Å². The van der Waals surface area contributed by atoms with Gasteiger partial charge in [0, 0.05) is 25.5 Å². The smallest absolute Gasteiger partial charge is 0.307 e. The van der Waals surface area contributed by atoms with Crippen molar-refractivity contribution in [2.24, 2.45) is 7.05 Å². The fraction of sp³-hybridized carbons (Fsp3) is 0.409. The van der Waals surface area contributed by atoms with Crippen molar-refractivity contribution in [2.45, 2.75) is 52.6 Å². The number of aromatic nitrogens is 5. The number of nitrogens with zero attached hydrogens (tertiary/aromatic N) is 5. The first kappa shape index (κ1) is 19.2. The van der Waals surface area contributed by atoms with Crippen LogP contribution in [0.15, 0.2) is 46.1 Å². The molecular weight excluding hydrogens is 366 g/mol. The van der Waals surface area contributed by atoms with E-state index in [0.717, 1.165) is 30.5 Å². The van der Waals surface area contributed by atoms with Crippen LogP contribution in [0, 0.1) is 6.92 Å². The molecular formula is C22H27N5O2. The van der Waals surface area contributed by atoms with Gasteiger partial charge >= 0.3 is 5.69 Å². The summed E-state index contributed by atoms with van der Waals surface area (Å²) in [5.74, 6) is 0.673. The minimum atomic E-state index is -0.307. The molecule has 0 N–H and O–H groups in total. The summed E-state index contributed by atoms with van der Waals surface area (Å²) in [6, 6.07) is 10.2. The predicted octanol–water partition coefficient (Wildman–Crippen LogP) is 3.26. The Bertz CT molecular complexity index is 1290. The number of imidazole rings is 2. The van der Waals surface area contributed by atoms with Gasteiger partial charge in [0.2, 0.25) is 5.78 Å². The zero-order chi connectivity index (χ0) is 20.7. The standard InChI is InChI=1S/C22H27N5O2/c1-5-6-10-13-25-20(28)18-19(24(4)22(25)29)23-21-26(18)14-15(2)27(21)16(3)17-11-8-7-9-12-17/h7-9,11-12,14,16H,5-6,10,13H2,1-4H3/t16-/m0/s1. The van der Waals surface area contributed by atoms with Crippen molar-refractivity contribution in [1.82, 2.24) is 23.1 Å². The SMILES string of the molecule is CCCCCn1c(=O)c2c(nc3n([C@@H](C)c4ccccc4)c(C)cn23)n(C)c1=O. The number of aryl methyl sites for hydroxylation is 2. The minimum absolute atomic E-state index is 0.0503. The first-order valence-electron chi connectivity index (χ1n) is 10.2. The second kappa shape index (κ2) is 7.39. The van der Waals surface area contributed by atoms with Gasteiger partial charge in [-0.3, -0.25) is 18.3 Å². The monoisotopic (exact) mass is 393 g/mol. The highest BCUT2D eigenvalue weighted by Crippen LogP contribution is 2.25. The molecule has 1 atom stereocenters. The molecule has 4 aromatic rings. The molecule has 0 aliphatic rings. The second-order valence-electron chi connectivity index (χ2n) is 7.69. The first-order valence-corrected chi connectivity index (χ1v) is 10.2. The number of hydrogen-bond donors (Lipinski definition) is 0. The van der Waals surface area contributed by atoms with Crippen LogP contribution in [0.1, 0.15) is 50.4 Å². The van der Waals surface area contributed by atoms with Crippen LogP contribution in [-0.4, -0.2) is 23.1 Å². The average molecular weight is 393 g/mol. The maximum atomic E-state index is 13.2. The molecule has 0 aliphatic heterocycles. The van der Waals surface area contributed by atoms with E-state index >= 15 is 0 Å². The second-order valence-corrected chi connectivity index (χ2v) is 7.69. The Morgan fingerprint density at radius 3 is 2.52 bits per heavy atom. The van der Waals surface area contributed by atoms with Crippen LogP contribution in [0.25, 0.3) is 16.9 Å². The van der Waals surface area contributed by atoms with Crippen LogP contribution < -0.4 is 11.2 Å². The summed E-state index contributed by atoms with van der Waals surface area (Å²) in [6.45, 7) is 6.66. The molecule has 0 unspecified atom stereocenters. The van der Waals surface area contributed by atoms with Crippen molar-refractivity contribution < 1.29 is 0 Å². The molecule has 7 nitrogen and oxygen atoms in total. The maximum Gasteiger partial charge on any atom is 0.332 e. The van der Waals surface area contributed by atoms with Crippen molar-refractivity contribution in [3.63, 3.8) is 0 Å². The van der Waals surface area contributed by atoms with Crippen molar-refractivity contribution in [2.75, 3.05) is 0 Å². The molecule has 0 aliphatic carbocycles. The molecule has 0 fully saturated rings. The third-order valence-corrected chi connectivity index (χ3v) is 5.72. The third kappa shape index (κ3) is 3.01. The highest BCUT2D eigenvalue weighted by molar-refractivity contribution is 5.75. The molecule has 1 aromatic carbocycles. The van der Waals surface area contributed by atoms with Gasteiger partial charge in [-0.05, 0) is 25.8 Å². The summed E-state index contributed by atoms with van der Waals surface area (Å²) in [7, 11) is 1.69. The van der Waals surface area contributed by atoms with Crippen molar-refractivity contribution in [3.8, 4) is 0 Å². The van der Waals surface area contributed by atoms with Crippen LogP contribution in [0.3, 0.4) is 0 Å². The van der Waals surface area contributed by atoms with Gasteiger partial charge in [0.25, 0.3) is 5.56 Å². The van der Waals surface area contributed by atoms with Crippen LogP contribution in [-0.2, 0) is 13.6 Å². The van der Waals surface area contributed by atoms with Crippen LogP contribution in [0.2, 0.25) is 0 Å². The molecule has 0 saturated heterocycles. The lowest BCUT2D eigenvalue weighted by Crippen LogP contribution is -2.39. The van der Waals surface area contributed by atoms with Crippen molar-refractivity contribution in [3.05, 3.63) is 68.6 Å². The molecule has 7 heteroatoms. The van der Waals surface area contributed by atoms with E-state index in [4.69, 9.17) is 4.98 Å². The fourth-order valence-corrected chi connectivity index (χ4v) is 4.10. The Morgan fingerprint density at radius 1 is 1.10 bits per heavy atom. The van der Waals surface area contributed by atoms with Gasteiger partial charge in [0.1, 0.15) is 0 Å². The fourth-order valence-electron chi connectivity index (χ4n) is 4.10. The summed E-state index contributed by atoms with van der Waals surface area (Å²) in [4.78, 5) is 30.7. The van der Waals surface area contributed by atoms with Gasteiger partial charge in [0.05, 0.1) is 6.04 Å². The summed E-state index contributed by atoms with van der Waals surface area (Å²) >= 11 is 0. The van der Waals surface area contributed by atoms with E-state index in [0.29, 0.717) is 23.5 Å². The molecule has 3 heterocycles. The number of fused-ring (bicyclic) bond motifs is 3. The summed E-state index contributed by atoms with van der Waals surface area (Å²) in [6.07, 6.45) is 4.77. The number of benzene rings is 1. The lowest BCUT2D eigenvalue weighted by molar-refractivity contribution is 0.550. The van der Waals surface area contributed by atoms with E-state index in [-0.39, 0.29) is 17.3 Å². The minimum Gasteiger partial charge on any atom is -0.307 e. The van der Waals surface area contributed by atoms with Gasteiger partial charge in [-0.15, -0.1) is 0 Å². The number of unbranched alkanes of at least 4 members (excludes halogenated alkanes) is 2. The number of rotatable bonds is 6. The highest BCUT2D eigenvalue weighted by Gasteiger charge is 2.22. The summed E-state index contributed by atoms with van der Waals surface area (Å²) in [5.41, 5.74) is 2.48. The van der Waals surface area contributed by atoms with Gasteiger partial charge in [-0.1, -0.05) is 50.1 Å². The first-order chi connectivity index (χ1) is 14.0. The molecule has 0 bridgehead atoms. The van der Waals surface area contributed by atoms with Crippen molar-refractivity contribution in [1.29, 1.82) is 0 Å². The topological polar surface area (TPSA) is 66.2 Å². The predicted molar refractivity (Wildman–Crippen MR) is 115 cm³/mol. The molecule has 0 spiro atoms. The normalized spacial score (nSPS) is 12.8. The summed E-state index contributed by atoms with van der Waals surface area (Å²) < 4.78 is 6.78. The Hall–Kier alpha value is -3.09. The Morgan fingerprint density at radius 2 is 1.83 bits per heavy atom. The van der Waals surface area contributed by atoms with E-state index in [1.54, 1.807) is 7.05 Å². The molecule has 29 heavy (non-hydrogen) atoms. The van der Waals surface area contributed by atoms with Gasteiger partial charge in [-0.2, -0.15) is 4.98 Å². The third-order valence-electron chi connectivity index (χ3n) is 5.72. The van der Waals surface area contributed by atoms with E-state index in [1.807, 2.05) is 35.7 Å². The van der Waals surface area contributed by atoms with E-state index in [9.17, 15) is 9.59 Å². The largest absolute Gasteiger partial charge is 0.332 e. The molecule has 0 radical (unpaired) electrons. The maximum absolute atomic E-state index is 13.2. The summed E-state index contributed by atoms with van der Waals surface area (Å²) in [5, 5.41) is 0. The number of hydrogen-bond acceptors (Lipinski definition) is 3. The Balaban J connectivity index is 1.96. The Kier molecular flexibility index (Phi) is 4.90. The molecule has 0 saturated carbocycles. The molecule has 0 amide bonds. The highest BCUT2D eigenvalue weighted by atomic mass is 16.2. The zero-order valence-electron chi connectivity index (χ0n) is 17.4. The zero-order valence-corrected chi connectivity index (χ0v) is 17.4. The van der Waals surface area contributed by atoms with E-state index < -0.39 is 0 Å². The lowest BCUT2D eigenvalue weighted by atomic mass is 10.1. The Labute approximate surface area is 168 Å². The molecule has 4 rings (SSSR count). The van der Waals surface area contributed by atoms with Gasteiger partial charge in [0.15, 0.2) is 11.2 Å². The average Bonchev–Trinajstić information content (AvgIpc) is 3.23. The van der Waals surface area contributed by atoms with Crippen LogP contribution >= 0.6 is 0 Å². The van der Waals surface area contributed by atoms with Gasteiger partial charge < -0.3 is 4.57 Å².